The van der Waals surface area contributed by atoms with E-state index in [0.29, 0.717) is 42.9 Å². The summed E-state index contributed by atoms with van der Waals surface area (Å²) in [7, 11) is 0. The van der Waals surface area contributed by atoms with Gasteiger partial charge in [0.05, 0.1) is 12.2 Å². The van der Waals surface area contributed by atoms with Crippen molar-refractivity contribution < 1.29 is 24.1 Å². The second-order valence-electron chi connectivity index (χ2n) is 12.7. The Balaban J connectivity index is 1.51. The summed E-state index contributed by atoms with van der Waals surface area (Å²) < 4.78 is 28.8. The van der Waals surface area contributed by atoms with Crippen molar-refractivity contribution in [3.8, 4) is 0 Å². The fourth-order valence-corrected chi connectivity index (χ4v) is 8.59. The molecule has 9 atom stereocenters. The van der Waals surface area contributed by atoms with E-state index in [4.69, 9.17) is 0 Å². The van der Waals surface area contributed by atoms with Gasteiger partial charge < -0.3 is 15.3 Å². The minimum Gasteiger partial charge on any atom is -0.393 e. The van der Waals surface area contributed by atoms with Crippen molar-refractivity contribution in [1.29, 1.82) is 0 Å². The van der Waals surface area contributed by atoms with E-state index in [1.807, 2.05) is 0 Å². The van der Waals surface area contributed by atoms with Gasteiger partial charge in [-0.25, -0.2) is 8.78 Å². The Hall–Kier alpha value is -0.520. The van der Waals surface area contributed by atoms with Crippen LogP contribution in [0.4, 0.5) is 8.78 Å². The van der Waals surface area contributed by atoms with Crippen LogP contribution >= 0.6 is 0 Å². The van der Waals surface area contributed by atoms with Gasteiger partial charge in [-0.2, -0.15) is 0 Å². The number of halogens is 2. The van der Waals surface area contributed by atoms with Crippen LogP contribution in [0.25, 0.3) is 0 Å². The molecule has 3 fully saturated rings. The molecule has 0 aromatic rings. The molecule has 4 rings (SSSR count). The first-order chi connectivity index (χ1) is 14.7. The molecule has 0 aromatic heterocycles. The molecule has 4 aliphatic rings. The third kappa shape index (κ3) is 3.69. The standard InChI is InChI=1S/C27H44F2O3/c1-16(10-13-27(28,29)24(2,3)32)20-8-9-21-19-7-6-17-14-18(30)15-23(31)26(17,5)22(19)11-12-25(20,21)4/h6,16,18-23,30-32H,7-15H2,1-5H3/t16-,18-,19+,20-,21+,22+,23?,25-,26+/m1/s1. The summed E-state index contributed by atoms with van der Waals surface area (Å²) in [5, 5.41) is 31.1. The van der Waals surface area contributed by atoms with Gasteiger partial charge in [-0.1, -0.05) is 32.4 Å². The topological polar surface area (TPSA) is 60.7 Å². The number of hydrogen-bond acceptors (Lipinski definition) is 3. The van der Waals surface area contributed by atoms with E-state index in [1.54, 1.807) is 0 Å². The molecule has 0 bridgehead atoms. The number of hydrogen-bond donors (Lipinski definition) is 3. The van der Waals surface area contributed by atoms with Crippen LogP contribution in [-0.4, -0.2) is 39.1 Å². The highest BCUT2D eigenvalue weighted by Crippen LogP contribution is 2.67. The highest BCUT2D eigenvalue weighted by Gasteiger charge is 2.61. The van der Waals surface area contributed by atoms with Crippen molar-refractivity contribution in [2.75, 3.05) is 0 Å². The maximum atomic E-state index is 14.4. The largest absolute Gasteiger partial charge is 0.393 e. The van der Waals surface area contributed by atoms with Gasteiger partial charge in [-0.15, -0.1) is 0 Å². The predicted molar refractivity (Wildman–Crippen MR) is 122 cm³/mol. The van der Waals surface area contributed by atoms with Crippen LogP contribution < -0.4 is 0 Å². The number of alkyl halides is 2. The molecule has 32 heavy (non-hydrogen) atoms. The Labute approximate surface area is 192 Å². The van der Waals surface area contributed by atoms with E-state index in [1.165, 1.54) is 19.4 Å². The molecule has 1 unspecified atom stereocenters. The lowest BCUT2D eigenvalue weighted by Crippen LogP contribution is -2.55. The first-order valence-corrected chi connectivity index (χ1v) is 12.9. The van der Waals surface area contributed by atoms with Gasteiger partial charge in [0, 0.05) is 18.3 Å². The van der Waals surface area contributed by atoms with Gasteiger partial charge in [0.1, 0.15) is 5.60 Å². The maximum Gasteiger partial charge on any atom is 0.275 e. The van der Waals surface area contributed by atoms with Gasteiger partial charge >= 0.3 is 0 Å². The third-order valence-corrected chi connectivity index (χ3v) is 10.7. The minimum absolute atomic E-state index is 0.158. The molecule has 4 aliphatic carbocycles. The van der Waals surface area contributed by atoms with Crippen molar-refractivity contribution in [3.63, 3.8) is 0 Å². The number of rotatable bonds is 5. The number of aliphatic hydroxyl groups is 3. The minimum atomic E-state index is -3.07. The van der Waals surface area contributed by atoms with Crippen molar-refractivity contribution in [2.24, 2.45) is 40.4 Å². The van der Waals surface area contributed by atoms with Crippen molar-refractivity contribution in [3.05, 3.63) is 11.6 Å². The van der Waals surface area contributed by atoms with E-state index in [-0.39, 0.29) is 23.2 Å². The molecule has 0 radical (unpaired) electrons. The van der Waals surface area contributed by atoms with Crippen molar-refractivity contribution in [1.82, 2.24) is 0 Å². The van der Waals surface area contributed by atoms with Gasteiger partial charge in [-0.3, -0.25) is 0 Å². The second-order valence-corrected chi connectivity index (χ2v) is 12.7. The Bertz CT molecular complexity index is 744. The lowest BCUT2D eigenvalue weighted by Gasteiger charge is -2.59. The predicted octanol–water partition coefficient (Wildman–Crippen LogP) is 5.72. The number of fused-ring (bicyclic) bond motifs is 5. The van der Waals surface area contributed by atoms with Crippen LogP contribution in [0.15, 0.2) is 11.6 Å². The van der Waals surface area contributed by atoms with Gasteiger partial charge in [0.15, 0.2) is 0 Å². The Morgan fingerprint density at radius 2 is 1.81 bits per heavy atom. The van der Waals surface area contributed by atoms with Gasteiger partial charge in [0.2, 0.25) is 0 Å². The zero-order valence-corrected chi connectivity index (χ0v) is 20.6. The summed E-state index contributed by atoms with van der Waals surface area (Å²) in [5.74, 6) is -0.896. The highest BCUT2D eigenvalue weighted by atomic mass is 19.3. The fourth-order valence-electron chi connectivity index (χ4n) is 8.59. The van der Waals surface area contributed by atoms with Gasteiger partial charge in [0.25, 0.3) is 5.92 Å². The smallest absolute Gasteiger partial charge is 0.275 e. The SMILES string of the molecule is C[C@H](CCC(F)(F)C(C)(C)O)[C@H]1CC[C@H]2[C@@H]3CC=C4C[C@@H](O)CC(O)[C@]4(C)[C@H]3CC[C@]12C. The van der Waals surface area contributed by atoms with E-state index >= 15 is 0 Å². The zero-order chi connectivity index (χ0) is 23.7. The Morgan fingerprint density at radius 1 is 1.12 bits per heavy atom. The molecule has 0 saturated heterocycles. The van der Waals surface area contributed by atoms with E-state index < -0.39 is 23.7 Å². The average molecular weight is 455 g/mol. The van der Waals surface area contributed by atoms with E-state index in [0.717, 1.165) is 32.1 Å². The summed E-state index contributed by atoms with van der Waals surface area (Å²) in [6.45, 7) is 9.17. The van der Waals surface area contributed by atoms with Crippen LogP contribution in [0.3, 0.4) is 0 Å². The number of allylic oxidation sites excluding steroid dienone is 1. The van der Waals surface area contributed by atoms with Gasteiger partial charge in [-0.05, 0) is 93.8 Å². The Kier molecular flexibility index (Phi) is 6.16. The molecule has 0 amide bonds. The molecule has 0 heterocycles. The molecule has 3 N–H and O–H groups in total. The third-order valence-electron chi connectivity index (χ3n) is 10.7. The van der Waals surface area contributed by atoms with E-state index in [2.05, 4.69) is 26.8 Å². The van der Waals surface area contributed by atoms with Crippen LogP contribution in [-0.2, 0) is 0 Å². The van der Waals surface area contributed by atoms with Crippen LogP contribution in [0.2, 0.25) is 0 Å². The molecular formula is C27H44F2O3. The molecule has 0 aromatic carbocycles. The molecule has 3 nitrogen and oxygen atoms in total. The molecule has 0 aliphatic heterocycles. The molecule has 5 heteroatoms. The van der Waals surface area contributed by atoms with E-state index in [9.17, 15) is 24.1 Å². The Morgan fingerprint density at radius 3 is 2.47 bits per heavy atom. The lowest BCUT2D eigenvalue weighted by molar-refractivity contribution is -0.168. The van der Waals surface area contributed by atoms with Crippen LogP contribution in [0, 0.1) is 40.4 Å². The van der Waals surface area contributed by atoms with Crippen LogP contribution in [0.5, 0.6) is 0 Å². The van der Waals surface area contributed by atoms with Crippen molar-refractivity contribution >= 4 is 0 Å². The first-order valence-electron chi connectivity index (χ1n) is 12.9. The molecule has 0 spiro atoms. The summed E-state index contributed by atoms with van der Waals surface area (Å²) >= 11 is 0. The summed E-state index contributed by atoms with van der Waals surface area (Å²) in [6, 6.07) is 0. The first kappa shape index (κ1) is 24.6. The summed E-state index contributed by atoms with van der Waals surface area (Å²) in [5.41, 5.74) is -0.804. The molecular weight excluding hydrogens is 410 g/mol. The highest BCUT2D eigenvalue weighted by molar-refractivity contribution is 5.27. The normalized spacial score (nSPS) is 45.5. The summed E-state index contributed by atoms with van der Waals surface area (Å²) in [6.07, 6.45) is 8.14. The molecule has 184 valence electrons. The van der Waals surface area contributed by atoms with Crippen molar-refractivity contribution in [2.45, 2.75) is 116 Å². The van der Waals surface area contributed by atoms with Crippen LogP contribution in [0.1, 0.15) is 92.4 Å². The second kappa shape index (κ2) is 8.02. The maximum absolute atomic E-state index is 14.4. The monoisotopic (exact) mass is 454 g/mol. The fraction of sp³-hybridized carbons (Fsp3) is 0.926. The molecule has 3 saturated carbocycles. The average Bonchev–Trinajstić information content (AvgIpc) is 3.04. The lowest BCUT2D eigenvalue weighted by atomic mass is 9.46. The zero-order valence-electron chi connectivity index (χ0n) is 20.6. The summed E-state index contributed by atoms with van der Waals surface area (Å²) in [4.78, 5) is 0. The number of aliphatic hydroxyl groups excluding tert-OH is 2. The quantitative estimate of drug-likeness (QED) is 0.466.